The molecule has 0 atom stereocenters. The van der Waals surface area contributed by atoms with Gasteiger partial charge in [0.1, 0.15) is 0 Å². The van der Waals surface area contributed by atoms with Crippen molar-refractivity contribution in [3.8, 4) is 0 Å². The van der Waals surface area contributed by atoms with Crippen LogP contribution in [0.5, 0.6) is 0 Å². The molecule has 1 saturated heterocycles. The molecule has 2 heterocycles. The summed E-state index contributed by atoms with van der Waals surface area (Å²) in [5.74, 6) is 0.272. The molecule has 0 saturated carbocycles. The van der Waals surface area contributed by atoms with E-state index in [9.17, 15) is 4.79 Å². The maximum absolute atomic E-state index is 11.2. The van der Waals surface area contributed by atoms with Crippen molar-refractivity contribution in [1.82, 2.24) is 0 Å². The van der Waals surface area contributed by atoms with E-state index in [1.807, 2.05) is 4.90 Å². The maximum atomic E-state index is 11.2. The fourth-order valence-corrected chi connectivity index (χ4v) is 2.56. The molecule has 2 nitrogen and oxygen atoms in total. The smallest absolute Gasteiger partial charge is 0.229 e. The van der Waals surface area contributed by atoms with Crippen LogP contribution in [-0.4, -0.2) is 12.5 Å². The summed E-state index contributed by atoms with van der Waals surface area (Å²) in [6.45, 7) is 3.11. The summed E-state index contributed by atoms with van der Waals surface area (Å²) in [6, 6.07) is 2.16. The Bertz CT molecular complexity index is 332. The second-order valence-corrected chi connectivity index (χ2v) is 4.58. The zero-order valence-electron chi connectivity index (χ0n) is 8.45. The molecule has 1 aliphatic heterocycles. The van der Waals surface area contributed by atoms with Gasteiger partial charge in [0.2, 0.25) is 5.91 Å². The molecule has 1 amide bonds. The highest BCUT2D eigenvalue weighted by atomic mass is 32.1. The summed E-state index contributed by atoms with van der Waals surface area (Å²) >= 11 is 1.69. The van der Waals surface area contributed by atoms with Crippen LogP contribution in [0.25, 0.3) is 0 Å². The SMILES string of the molecule is CCCCc1csc(N2CCC2=O)c1. The molecule has 0 radical (unpaired) electrons. The minimum Gasteiger partial charge on any atom is -0.303 e. The van der Waals surface area contributed by atoms with Crippen LogP contribution in [-0.2, 0) is 11.2 Å². The molecular weight excluding hydrogens is 194 g/mol. The lowest BCUT2D eigenvalue weighted by atomic mass is 10.1. The van der Waals surface area contributed by atoms with E-state index in [4.69, 9.17) is 0 Å². The lowest BCUT2D eigenvalue weighted by Gasteiger charge is -2.28. The van der Waals surface area contributed by atoms with Crippen molar-refractivity contribution in [3.63, 3.8) is 0 Å². The van der Waals surface area contributed by atoms with Crippen molar-refractivity contribution < 1.29 is 4.79 Å². The molecular formula is C11H15NOS. The third-order valence-electron chi connectivity index (χ3n) is 2.58. The van der Waals surface area contributed by atoms with Crippen molar-refractivity contribution in [2.75, 3.05) is 11.4 Å². The Labute approximate surface area is 88.5 Å². The van der Waals surface area contributed by atoms with Crippen molar-refractivity contribution >= 4 is 22.2 Å². The van der Waals surface area contributed by atoms with Gasteiger partial charge in [0.25, 0.3) is 0 Å². The molecule has 1 aromatic rings. The molecule has 0 spiro atoms. The number of amides is 1. The number of rotatable bonds is 4. The van der Waals surface area contributed by atoms with Crippen molar-refractivity contribution in [1.29, 1.82) is 0 Å². The highest BCUT2D eigenvalue weighted by Gasteiger charge is 2.26. The normalized spacial score (nSPS) is 15.8. The van der Waals surface area contributed by atoms with Crippen LogP contribution < -0.4 is 4.90 Å². The van der Waals surface area contributed by atoms with Gasteiger partial charge in [-0.25, -0.2) is 0 Å². The Morgan fingerprint density at radius 3 is 3.00 bits per heavy atom. The average Bonchev–Trinajstić information content (AvgIpc) is 2.61. The molecule has 1 aromatic heterocycles. The Morgan fingerprint density at radius 1 is 1.57 bits per heavy atom. The van der Waals surface area contributed by atoms with Crippen LogP contribution in [0.2, 0.25) is 0 Å². The van der Waals surface area contributed by atoms with E-state index in [1.54, 1.807) is 11.3 Å². The van der Waals surface area contributed by atoms with E-state index in [0.717, 1.165) is 24.4 Å². The summed E-state index contributed by atoms with van der Waals surface area (Å²) in [6.07, 6.45) is 4.34. The molecule has 0 bridgehead atoms. The Morgan fingerprint density at radius 2 is 2.43 bits per heavy atom. The first-order valence-electron chi connectivity index (χ1n) is 5.19. The largest absolute Gasteiger partial charge is 0.303 e. The third kappa shape index (κ3) is 1.82. The summed E-state index contributed by atoms with van der Waals surface area (Å²) in [7, 11) is 0. The quantitative estimate of drug-likeness (QED) is 0.698. The molecule has 1 aliphatic rings. The third-order valence-corrected chi connectivity index (χ3v) is 3.58. The molecule has 76 valence electrons. The zero-order valence-corrected chi connectivity index (χ0v) is 9.27. The topological polar surface area (TPSA) is 20.3 Å². The van der Waals surface area contributed by atoms with Gasteiger partial charge < -0.3 is 4.90 Å². The van der Waals surface area contributed by atoms with Crippen LogP contribution in [0.1, 0.15) is 31.7 Å². The van der Waals surface area contributed by atoms with E-state index in [0.29, 0.717) is 0 Å². The van der Waals surface area contributed by atoms with Crippen LogP contribution in [0.3, 0.4) is 0 Å². The standard InChI is InChI=1S/C11H15NOS/c1-2-3-4-9-7-11(14-8-9)12-6-5-10(12)13/h7-8H,2-6H2,1H3. The predicted molar refractivity (Wildman–Crippen MR) is 59.9 cm³/mol. The fourth-order valence-electron chi connectivity index (χ4n) is 1.56. The van der Waals surface area contributed by atoms with Crippen molar-refractivity contribution in [3.05, 3.63) is 17.0 Å². The van der Waals surface area contributed by atoms with Crippen LogP contribution in [0.15, 0.2) is 11.4 Å². The van der Waals surface area contributed by atoms with E-state index < -0.39 is 0 Å². The Balaban J connectivity index is 1.99. The van der Waals surface area contributed by atoms with Gasteiger partial charge in [-0.3, -0.25) is 4.79 Å². The lowest BCUT2D eigenvalue weighted by Crippen LogP contribution is -2.42. The number of hydrogen-bond donors (Lipinski definition) is 0. The number of thiophene rings is 1. The van der Waals surface area contributed by atoms with Gasteiger partial charge in [-0.2, -0.15) is 0 Å². The number of carbonyl (C=O) groups excluding carboxylic acids is 1. The minimum absolute atomic E-state index is 0.272. The average molecular weight is 209 g/mol. The van der Waals surface area contributed by atoms with Crippen LogP contribution in [0, 0.1) is 0 Å². The second kappa shape index (κ2) is 4.13. The molecule has 3 heteroatoms. The van der Waals surface area contributed by atoms with E-state index in [2.05, 4.69) is 18.4 Å². The van der Waals surface area contributed by atoms with Crippen molar-refractivity contribution in [2.45, 2.75) is 32.6 Å². The molecule has 0 aliphatic carbocycles. The first-order chi connectivity index (χ1) is 6.81. The van der Waals surface area contributed by atoms with Gasteiger partial charge in [0.15, 0.2) is 0 Å². The van der Waals surface area contributed by atoms with Crippen molar-refractivity contribution in [2.24, 2.45) is 0 Å². The van der Waals surface area contributed by atoms with Gasteiger partial charge in [-0.1, -0.05) is 13.3 Å². The molecule has 14 heavy (non-hydrogen) atoms. The van der Waals surface area contributed by atoms with Gasteiger partial charge >= 0.3 is 0 Å². The van der Waals surface area contributed by atoms with Crippen LogP contribution in [0.4, 0.5) is 5.00 Å². The first kappa shape index (κ1) is 9.71. The molecule has 0 aromatic carbocycles. The lowest BCUT2D eigenvalue weighted by molar-refractivity contribution is -0.122. The van der Waals surface area contributed by atoms with E-state index in [-0.39, 0.29) is 5.91 Å². The Kier molecular flexibility index (Phi) is 2.87. The number of anilines is 1. The number of unbranched alkanes of at least 4 members (excludes halogenated alkanes) is 1. The Hall–Kier alpha value is -0.830. The number of nitrogens with zero attached hydrogens (tertiary/aromatic N) is 1. The summed E-state index contributed by atoms with van der Waals surface area (Å²) < 4.78 is 0. The summed E-state index contributed by atoms with van der Waals surface area (Å²) in [5.41, 5.74) is 1.38. The number of carbonyl (C=O) groups is 1. The van der Waals surface area contributed by atoms with Gasteiger partial charge in [-0.05, 0) is 29.9 Å². The monoisotopic (exact) mass is 209 g/mol. The minimum atomic E-state index is 0.272. The van der Waals surface area contributed by atoms with Gasteiger partial charge in [0, 0.05) is 13.0 Å². The first-order valence-corrected chi connectivity index (χ1v) is 6.07. The number of β-lactam (4-membered cyclic amide) rings is 1. The zero-order chi connectivity index (χ0) is 9.97. The predicted octanol–water partition coefficient (Wildman–Crippen LogP) is 2.83. The van der Waals surface area contributed by atoms with Gasteiger partial charge in [0.05, 0.1) is 5.00 Å². The summed E-state index contributed by atoms with van der Waals surface area (Å²) in [4.78, 5) is 13.1. The van der Waals surface area contributed by atoms with Crippen LogP contribution >= 0.6 is 11.3 Å². The molecule has 0 unspecified atom stereocenters. The molecule has 0 N–H and O–H groups in total. The summed E-state index contributed by atoms with van der Waals surface area (Å²) in [5, 5.41) is 3.31. The highest BCUT2D eigenvalue weighted by Crippen LogP contribution is 2.29. The maximum Gasteiger partial charge on any atom is 0.229 e. The molecule has 2 rings (SSSR count). The fraction of sp³-hybridized carbons (Fsp3) is 0.545. The molecule has 1 fully saturated rings. The number of hydrogen-bond acceptors (Lipinski definition) is 2. The van der Waals surface area contributed by atoms with E-state index in [1.165, 1.54) is 18.4 Å². The second-order valence-electron chi connectivity index (χ2n) is 3.69. The van der Waals surface area contributed by atoms with Gasteiger partial charge in [-0.15, -0.1) is 11.3 Å². The number of aryl methyl sites for hydroxylation is 1. The van der Waals surface area contributed by atoms with E-state index >= 15 is 0 Å². The highest BCUT2D eigenvalue weighted by molar-refractivity contribution is 7.14.